The van der Waals surface area contributed by atoms with Gasteiger partial charge in [-0.2, -0.15) is 0 Å². The minimum Gasteiger partial charge on any atom is -0.370 e. The minimum absolute atomic E-state index is 0.203. The largest absolute Gasteiger partial charge is 0.370 e. The molecule has 0 aliphatic carbocycles. The van der Waals surface area contributed by atoms with Gasteiger partial charge in [-0.15, -0.1) is 6.58 Å². The van der Waals surface area contributed by atoms with E-state index in [2.05, 4.69) is 42.1 Å². The molecule has 1 aliphatic heterocycles. The molecule has 0 amide bonds. The van der Waals surface area contributed by atoms with Gasteiger partial charge in [0.2, 0.25) is 0 Å². The maximum atomic E-state index is 5.94. The van der Waals surface area contributed by atoms with Gasteiger partial charge >= 0.3 is 0 Å². The number of hydrogen-bond donors (Lipinski definition) is 0. The molecule has 1 aliphatic rings. The molecular formula is C13H19BrO. The Morgan fingerprint density at radius 3 is 2.93 bits per heavy atom. The van der Waals surface area contributed by atoms with Crippen LogP contribution in [-0.4, -0.2) is 17.5 Å². The van der Waals surface area contributed by atoms with Crippen molar-refractivity contribution in [2.24, 2.45) is 0 Å². The normalized spacial score (nSPS) is 27.9. The fourth-order valence-electron chi connectivity index (χ4n) is 1.82. The van der Waals surface area contributed by atoms with Crippen molar-refractivity contribution >= 4 is 15.9 Å². The molecule has 0 radical (unpaired) electrons. The van der Waals surface area contributed by atoms with Gasteiger partial charge in [0.25, 0.3) is 0 Å². The molecule has 1 saturated heterocycles. The lowest BCUT2D eigenvalue weighted by atomic mass is 9.96. The van der Waals surface area contributed by atoms with Gasteiger partial charge in [-0.1, -0.05) is 45.8 Å². The highest BCUT2D eigenvalue weighted by Gasteiger charge is 2.22. The molecule has 0 aromatic heterocycles. The second-order valence-electron chi connectivity index (χ2n) is 4.13. The maximum Gasteiger partial charge on any atom is 0.0799 e. The van der Waals surface area contributed by atoms with E-state index in [1.165, 1.54) is 11.1 Å². The first-order valence-electron chi connectivity index (χ1n) is 5.32. The Balaban J connectivity index is 2.58. The second-order valence-corrected chi connectivity index (χ2v) is 4.69. The first kappa shape index (κ1) is 12.7. The molecule has 1 nitrogen and oxygen atoms in total. The van der Waals surface area contributed by atoms with Crippen molar-refractivity contribution in [1.82, 2.24) is 0 Å². The molecule has 0 unspecified atom stereocenters. The molecule has 0 aromatic rings. The summed E-state index contributed by atoms with van der Waals surface area (Å²) < 4.78 is 5.94. The molecule has 2 heteroatoms. The van der Waals surface area contributed by atoms with Crippen LogP contribution >= 0.6 is 15.9 Å². The van der Waals surface area contributed by atoms with Crippen LogP contribution in [0.4, 0.5) is 0 Å². The van der Waals surface area contributed by atoms with E-state index < -0.39 is 0 Å². The molecule has 2 atom stereocenters. The molecule has 0 saturated carbocycles. The zero-order valence-electron chi connectivity index (χ0n) is 9.34. The van der Waals surface area contributed by atoms with Gasteiger partial charge in [0.15, 0.2) is 0 Å². The predicted octanol–water partition coefficient (Wildman–Crippen LogP) is 4.01. The molecule has 1 rings (SSSR count). The summed E-state index contributed by atoms with van der Waals surface area (Å²) in [5.41, 5.74) is 2.60. The summed E-state index contributed by atoms with van der Waals surface area (Å²) >= 11 is 3.44. The third-order valence-corrected chi connectivity index (χ3v) is 3.37. The van der Waals surface area contributed by atoms with Gasteiger partial charge in [-0.05, 0) is 26.2 Å². The van der Waals surface area contributed by atoms with Crippen LogP contribution < -0.4 is 0 Å². The monoisotopic (exact) mass is 270 g/mol. The summed E-state index contributed by atoms with van der Waals surface area (Å²) in [4.78, 5) is 0. The SMILES string of the molecule is C=CC[C@H]1CC(=C)C[C@@H](/C=C(\C)CBr)O1. The van der Waals surface area contributed by atoms with Crippen LogP contribution in [0, 0.1) is 0 Å². The van der Waals surface area contributed by atoms with Gasteiger partial charge in [-0.25, -0.2) is 0 Å². The lowest BCUT2D eigenvalue weighted by Crippen LogP contribution is -2.27. The van der Waals surface area contributed by atoms with E-state index in [4.69, 9.17) is 4.74 Å². The lowest BCUT2D eigenvalue weighted by Gasteiger charge is -2.29. The number of rotatable bonds is 4. The highest BCUT2D eigenvalue weighted by atomic mass is 79.9. The standard InChI is InChI=1S/C13H19BrO/c1-4-5-12-6-10(2)7-13(15-12)8-11(3)9-14/h4,8,12-13H,1-2,5-7,9H2,3H3/b11-8+/t12-,13-/m0/s1. The molecule has 84 valence electrons. The molecular weight excluding hydrogens is 252 g/mol. The average molecular weight is 271 g/mol. The van der Waals surface area contributed by atoms with E-state index in [0.29, 0.717) is 0 Å². The number of allylic oxidation sites excluding steroid dienone is 1. The van der Waals surface area contributed by atoms with E-state index in [1.54, 1.807) is 0 Å². The van der Waals surface area contributed by atoms with Crippen LogP contribution in [0.2, 0.25) is 0 Å². The van der Waals surface area contributed by atoms with Crippen molar-refractivity contribution in [1.29, 1.82) is 0 Å². The van der Waals surface area contributed by atoms with Crippen LogP contribution in [0.3, 0.4) is 0 Å². The number of alkyl halides is 1. The number of hydrogen-bond acceptors (Lipinski definition) is 1. The van der Waals surface area contributed by atoms with E-state index >= 15 is 0 Å². The van der Waals surface area contributed by atoms with Crippen LogP contribution in [0.5, 0.6) is 0 Å². The zero-order chi connectivity index (χ0) is 11.3. The smallest absolute Gasteiger partial charge is 0.0799 e. The third kappa shape index (κ3) is 4.35. The molecule has 0 aromatic carbocycles. The Bertz CT molecular complexity index is 268. The number of halogens is 1. The topological polar surface area (TPSA) is 9.23 Å². The maximum absolute atomic E-state index is 5.94. The van der Waals surface area contributed by atoms with Crippen molar-refractivity contribution in [2.75, 3.05) is 5.33 Å². The van der Waals surface area contributed by atoms with E-state index in [9.17, 15) is 0 Å². The fraction of sp³-hybridized carbons (Fsp3) is 0.538. The Morgan fingerprint density at radius 2 is 2.33 bits per heavy atom. The molecule has 1 fully saturated rings. The van der Waals surface area contributed by atoms with Gasteiger partial charge in [0.05, 0.1) is 12.2 Å². The van der Waals surface area contributed by atoms with Gasteiger partial charge < -0.3 is 4.74 Å². The van der Waals surface area contributed by atoms with Gasteiger partial charge in [-0.3, -0.25) is 0 Å². The Morgan fingerprint density at radius 1 is 1.60 bits per heavy atom. The lowest BCUT2D eigenvalue weighted by molar-refractivity contribution is -0.00383. The summed E-state index contributed by atoms with van der Waals surface area (Å²) in [6.07, 6.45) is 7.43. The highest BCUT2D eigenvalue weighted by Crippen LogP contribution is 2.26. The zero-order valence-corrected chi connectivity index (χ0v) is 10.9. The van der Waals surface area contributed by atoms with Gasteiger partial charge in [0, 0.05) is 5.33 Å². The van der Waals surface area contributed by atoms with Crippen LogP contribution in [0.15, 0.2) is 36.5 Å². The fourth-order valence-corrected chi connectivity index (χ4v) is 2.01. The second kappa shape index (κ2) is 6.29. The van der Waals surface area contributed by atoms with Crippen molar-refractivity contribution in [3.63, 3.8) is 0 Å². The minimum atomic E-state index is 0.203. The Kier molecular flexibility index (Phi) is 5.34. The van der Waals surface area contributed by atoms with Crippen LogP contribution in [-0.2, 0) is 4.74 Å². The highest BCUT2D eigenvalue weighted by molar-refractivity contribution is 9.09. The van der Waals surface area contributed by atoms with Crippen molar-refractivity contribution in [3.05, 3.63) is 36.5 Å². The van der Waals surface area contributed by atoms with E-state index in [1.807, 2.05) is 6.08 Å². The molecule has 0 N–H and O–H groups in total. The predicted molar refractivity (Wildman–Crippen MR) is 69.4 cm³/mol. The summed E-state index contributed by atoms with van der Waals surface area (Å²) in [6.45, 7) is 9.93. The quantitative estimate of drug-likeness (QED) is 0.554. The van der Waals surface area contributed by atoms with Crippen molar-refractivity contribution in [2.45, 2.75) is 38.4 Å². The average Bonchev–Trinajstić information content (AvgIpc) is 2.17. The van der Waals surface area contributed by atoms with Crippen LogP contribution in [0.25, 0.3) is 0 Å². The van der Waals surface area contributed by atoms with E-state index in [0.717, 1.165) is 24.6 Å². The van der Waals surface area contributed by atoms with E-state index in [-0.39, 0.29) is 12.2 Å². The van der Waals surface area contributed by atoms with Gasteiger partial charge in [0.1, 0.15) is 0 Å². The van der Waals surface area contributed by atoms with Crippen molar-refractivity contribution in [3.8, 4) is 0 Å². The molecule has 15 heavy (non-hydrogen) atoms. The molecule has 0 bridgehead atoms. The molecule has 1 heterocycles. The molecule has 0 spiro atoms. The first-order chi connectivity index (χ1) is 7.15. The summed E-state index contributed by atoms with van der Waals surface area (Å²) in [6, 6.07) is 0. The summed E-state index contributed by atoms with van der Waals surface area (Å²) in [5, 5.41) is 0.908. The summed E-state index contributed by atoms with van der Waals surface area (Å²) in [5.74, 6) is 0. The van der Waals surface area contributed by atoms with Crippen LogP contribution in [0.1, 0.15) is 26.2 Å². The first-order valence-corrected chi connectivity index (χ1v) is 6.44. The third-order valence-electron chi connectivity index (χ3n) is 2.48. The van der Waals surface area contributed by atoms with Crippen molar-refractivity contribution < 1.29 is 4.74 Å². The number of ether oxygens (including phenoxy) is 1. The Hall–Kier alpha value is -0.340. The summed E-state index contributed by atoms with van der Waals surface area (Å²) in [7, 11) is 0. The Labute approximate surface area is 101 Å².